The maximum absolute atomic E-state index is 12.6. The molecule has 2 aromatic rings. The smallest absolute Gasteiger partial charge is 0.343 e. The third-order valence-electron chi connectivity index (χ3n) is 4.31. The molecular weight excluding hydrogens is 338 g/mol. The lowest BCUT2D eigenvalue weighted by Crippen LogP contribution is -2.28. The summed E-state index contributed by atoms with van der Waals surface area (Å²) >= 11 is 0. The maximum Gasteiger partial charge on any atom is 0.343 e. The molecule has 0 aliphatic carbocycles. The molecule has 0 atom stereocenters. The van der Waals surface area contributed by atoms with Gasteiger partial charge in [-0.1, -0.05) is 25.1 Å². The van der Waals surface area contributed by atoms with Gasteiger partial charge in [-0.15, -0.1) is 0 Å². The predicted molar refractivity (Wildman–Crippen MR) is 95.2 cm³/mol. The number of carbonyl (C=O) groups is 1. The Morgan fingerprint density at radius 3 is 2.40 bits per heavy atom. The number of benzene rings is 2. The number of nitrogens with zero attached hydrogens (tertiary/aromatic N) is 1. The van der Waals surface area contributed by atoms with E-state index in [0.29, 0.717) is 18.8 Å². The zero-order valence-electron chi connectivity index (χ0n) is 14.1. The van der Waals surface area contributed by atoms with Gasteiger partial charge >= 0.3 is 5.97 Å². The Morgan fingerprint density at radius 2 is 1.76 bits per heavy atom. The molecule has 0 saturated carbocycles. The van der Waals surface area contributed by atoms with E-state index in [2.05, 4.69) is 0 Å². The molecule has 5 nitrogen and oxygen atoms in total. The van der Waals surface area contributed by atoms with Crippen LogP contribution in [-0.4, -0.2) is 31.8 Å². The molecule has 0 bridgehead atoms. The molecular formula is C19H21NO4S. The topological polar surface area (TPSA) is 63.7 Å². The summed E-state index contributed by atoms with van der Waals surface area (Å²) in [4.78, 5) is 12.5. The van der Waals surface area contributed by atoms with Crippen LogP contribution in [-0.2, 0) is 16.4 Å². The highest BCUT2D eigenvalue weighted by atomic mass is 32.2. The van der Waals surface area contributed by atoms with Crippen molar-refractivity contribution < 1.29 is 17.9 Å². The number of sulfonamides is 1. The summed E-state index contributed by atoms with van der Waals surface area (Å²) in [6.07, 6.45) is 2.65. The second-order valence-electron chi connectivity index (χ2n) is 6.03. The largest absolute Gasteiger partial charge is 0.423 e. The van der Waals surface area contributed by atoms with Crippen molar-refractivity contribution in [1.82, 2.24) is 4.31 Å². The Balaban J connectivity index is 1.79. The monoisotopic (exact) mass is 359 g/mol. The Hall–Kier alpha value is -2.18. The molecule has 0 amide bonds. The first-order valence-electron chi connectivity index (χ1n) is 8.42. The minimum absolute atomic E-state index is 0.130. The van der Waals surface area contributed by atoms with Gasteiger partial charge in [0.2, 0.25) is 10.0 Å². The number of hydrogen-bond donors (Lipinski definition) is 0. The normalized spacial score (nSPS) is 15.2. The van der Waals surface area contributed by atoms with E-state index in [1.807, 2.05) is 19.1 Å². The molecule has 1 aliphatic rings. The van der Waals surface area contributed by atoms with Crippen LogP contribution < -0.4 is 4.74 Å². The number of hydrogen-bond acceptors (Lipinski definition) is 4. The van der Waals surface area contributed by atoms with Crippen molar-refractivity contribution in [2.24, 2.45) is 0 Å². The summed E-state index contributed by atoms with van der Waals surface area (Å²) in [5.74, 6) is -0.127. The number of aryl methyl sites for hydroxylation is 1. The zero-order valence-corrected chi connectivity index (χ0v) is 15.0. The van der Waals surface area contributed by atoms with E-state index in [9.17, 15) is 13.2 Å². The van der Waals surface area contributed by atoms with Crippen molar-refractivity contribution in [3.8, 4) is 5.75 Å². The van der Waals surface area contributed by atoms with Gasteiger partial charge in [-0.2, -0.15) is 4.31 Å². The van der Waals surface area contributed by atoms with Gasteiger partial charge in [-0.3, -0.25) is 0 Å². The van der Waals surface area contributed by atoms with E-state index >= 15 is 0 Å². The van der Waals surface area contributed by atoms with E-state index in [1.54, 1.807) is 24.3 Å². The molecule has 1 fully saturated rings. The minimum Gasteiger partial charge on any atom is -0.423 e. The Morgan fingerprint density at radius 1 is 1.08 bits per heavy atom. The van der Waals surface area contributed by atoms with Gasteiger partial charge in [0.25, 0.3) is 0 Å². The fraction of sp³-hybridized carbons (Fsp3) is 0.316. The van der Waals surface area contributed by atoms with Crippen LogP contribution in [0.4, 0.5) is 0 Å². The van der Waals surface area contributed by atoms with Gasteiger partial charge in [0.05, 0.1) is 10.5 Å². The predicted octanol–water partition coefficient (Wildman–Crippen LogP) is 3.25. The summed E-state index contributed by atoms with van der Waals surface area (Å²) in [6, 6.07) is 13.3. The average Bonchev–Trinajstić information content (AvgIpc) is 3.18. The zero-order chi connectivity index (χ0) is 17.9. The van der Waals surface area contributed by atoms with Crippen LogP contribution in [0.1, 0.15) is 35.7 Å². The van der Waals surface area contributed by atoms with Crippen molar-refractivity contribution >= 4 is 16.0 Å². The molecule has 25 heavy (non-hydrogen) atoms. The molecule has 0 spiro atoms. The highest BCUT2D eigenvalue weighted by Gasteiger charge is 2.27. The van der Waals surface area contributed by atoms with E-state index in [4.69, 9.17) is 4.74 Å². The van der Waals surface area contributed by atoms with Gasteiger partial charge in [-0.25, -0.2) is 13.2 Å². The quantitative estimate of drug-likeness (QED) is 0.607. The van der Waals surface area contributed by atoms with Gasteiger partial charge in [0, 0.05) is 13.1 Å². The Labute approximate surface area is 148 Å². The van der Waals surface area contributed by atoms with Crippen LogP contribution in [0.25, 0.3) is 0 Å². The number of esters is 1. The van der Waals surface area contributed by atoms with Crippen LogP contribution in [0, 0.1) is 0 Å². The van der Waals surface area contributed by atoms with Gasteiger partial charge in [0.1, 0.15) is 5.75 Å². The molecule has 132 valence electrons. The molecule has 0 unspecified atom stereocenters. The Kier molecular flexibility index (Phi) is 5.20. The van der Waals surface area contributed by atoms with E-state index < -0.39 is 16.0 Å². The van der Waals surface area contributed by atoms with Crippen molar-refractivity contribution in [2.75, 3.05) is 13.1 Å². The van der Waals surface area contributed by atoms with Crippen molar-refractivity contribution in [3.63, 3.8) is 0 Å². The maximum atomic E-state index is 12.6. The van der Waals surface area contributed by atoms with Crippen LogP contribution in [0.5, 0.6) is 5.75 Å². The fourth-order valence-electron chi connectivity index (χ4n) is 2.82. The molecule has 1 aliphatic heterocycles. The lowest BCUT2D eigenvalue weighted by Gasteiger charge is -2.15. The summed E-state index contributed by atoms with van der Waals surface area (Å²) in [5, 5.41) is 0. The molecule has 3 rings (SSSR count). The van der Waals surface area contributed by atoms with Crippen molar-refractivity contribution in [3.05, 3.63) is 59.7 Å². The lowest BCUT2D eigenvalue weighted by molar-refractivity contribution is 0.0734. The van der Waals surface area contributed by atoms with Crippen LogP contribution >= 0.6 is 0 Å². The number of carbonyl (C=O) groups excluding carboxylic acids is 1. The standard InChI is InChI=1S/C19H21NO4S/c1-2-15-8-10-17(11-9-15)24-19(21)16-6-5-7-18(14-16)25(22,23)20-12-3-4-13-20/h5-11,14H,2-4,12-13H2,1H3. The summed E-state index contributed by atoms with van der Waals surface area (Å²) in [7, 11) is -3.55. The molecule has 6 heteroatoms. The third-order valence-corrected chi connectivity index (χ3v) is 6.21. The van der Waals surface area contributed by atoms with Crippen molar-refractivity contribution in [1.29, 1.82) is 0 Å². The molecule has 0 N–H and O–H groups in total. The molecule has 0 radical (unpaired) electrons. The number of ether oxygens (including phenoxy) is 1. The lowest BCUT2D eigenvalue weighted by atomic mass is 10.2. The van der Waals surface area contributed by atoms with E-state index in [0.717, 1.165) is 24.8 Å². The van der Waals surface area contributed by atoms with Crippen LogP contribution in [0.3, 0.4) is 0 Å². The third kappa shape index (κ3) is 3.91. The van der Waals surface area contributed by atoms with E-state index in [-0.39, 0.29) is 10.5 Å². The molecule has 0 aromatic heterocycles. The Bertz CT molecular complexity index is 853. The van der Waals surface area contributed by atoms with Gasteiger partial charge in [-0.05, 0) is 55.2 Å². The number of rotatable bonds is 5. The molecule has 2 aromatic carbocycles. The first-order chi connectivity index (χ1) is 12.0. The molecule has 1 saturated heterocycles. The summed E-state index contributed by atoms with van der Waals surface area (Å²) in [6.45, 7) is 3.11. The summed E-state index contributed by atoms with van der Waals surface area (Å²) in [5.41, 5.74) is 1.37. The van der Waals surface area contributed by atoms with Gasteiger partial charge in [0.15, 0.2) is 0 Å². The second-order valence-corrected chi connectivity index (χ2v) is 7.96. The van der Waals surface area contributed by atoms with Gasteiger partial charge < -0.3 is 4.74 Å². The van der Waals surface area contributed by atoms with Crippen LogP contribution in [0.2, 0.25) is 0 Å². The van der Waals surface area contributed by atoms with Crippen molar-refractivity contribution in [2.45, 2.75) is 31.1 Å². The SMILES string of the molecule is CCc1ccc(OC(=O)c2cccc(S(=O)(=O)N3CCCC3)c2)cc1. The van der Waals surface area contributed by atoms with E-state index in [1.165, 1.54) is 16.4 Å². The second kappa shape index (κ2) is 7.37. The highest BCUT2D eigenvalue weighted by molar-refractivity contribution is 7.89. The molecule has 1 heterocycles. The first-order valence-corrected chi connectivity index (χ1v) is 9.86. The first kappa shape index (κ1) is 17.6. The van der Waals surface area contributed by atoms with Crippen LogP contribution in [0.15, 0.2) is 53.4 Å². The average molecular weight is 359 g/mol. The fourth-order valence-corrected chi connectivity index (χ4v) is 4.38. The summed E-state index contributed by atoms with van der Waals surface area (Å²) < 4.78 is 32.0. The highest BCUT2D eigenvalue weighted by Crippen LogP contribution is 2.22. The minimum atomic E-state index is -3.55.